The predicted octanol–water partition coefficient (Wildman–Crippen LogP) is 5.25. The molecule has 0 fully saturated rings. The van der Waals surface area contributed by atoms with Crippen LogP contribution < -0.4 is 15.4 Å². The van der Waals surface area contributed by atoms with Crippen LogP contribution in [0.4, 0.5) is 33.3 Å². The lowest BCUT2D eigenvalue weighted by atomic mass is 10.2. The van der Waals surface area contributed by atoms with Crippen LogP contribution in [0.5, 0.6) is 5.75 Å². The number of alkyl halides is 3. The first-order valence-electron chi connectivity index (χ1n) is 9.09. The van der Waals surface area contributed by atoms with Crippen LogP contribution in [0.25, 0.3) is 0 Å². The highest BCUT2D eigenvalue weighted by Crippen LogP contribution is 2.30. The second-order valence-corrected chi connectivity index (χ2v) is 6.49. The number of amides is 2. The van der Waals surface area contributed by atoms with E-state index < -0.39 is 47.5 Å². The van der Waals surface area contributed by atoms with E-state index in [0.717, 1.165) is 36.4 Å². The lowest BCUT2D eigenvalue weighted by molar-refractivity contribution is -0.137. The first-order valence-corrected chi connectivity index (χ1v) is 9.09. The van der Waals surface area contributed by atoms with Crippen molar-refractivity contribution in [1.82, 2.24) is 0 Å². The third kappa shape index (κ3) is 5.81. The van der Waals surface area contributed by atoms with Crippen molar-refractivity contribution in [3.63, 3.8) is 0 Å². The summed E-state index contributed by atoms with van der Waals surface area (Å²) < 4.78 is 70.7. The summed E-state index contributed by atoms with van der Waals surface area (Å²) in [5, 5.41) is 4.43. The van der Waals surface area contributed by atoms with Gasteiger partial charge in [-0.1, -0.05) is 12.1 Å². The number of halogens is 5. The van der Waals surface area contributed by atoms with Gasteiger partial charge in [-0.3, -0.25) is 9.59 Å². The molecule has 0 aliphatic carbocycles. The lowest BCUT2D eigenvalue weighted by Crippen LogP contribution is -2.20. The second-order valence-electron chi connectivity index (χ2n) is 6.49. The fourth-order valence-corrected chi connectivity index (χ4v) is 2.62. The zero-order valence-electron chi connectivity index (χ0n) is 16.2. The molecule has 10 heteroatoms. The van der Waals surface area contributed by atoms with Crippen molar-refractivity contribution in [2.75, 3.05) is 17.2 Å². The minimum absolute atomic E-state index is 0.0409. The summed E-state index contributed by atoms with van der Waals surface area (Å²) in [5.41, 5.74) is -1.45. The molecule has 3 rings (SSSR count). The molecule has 0 spiro atoms. The Morgan fingerprint density at radius 3 is 2.09 bits per heavy atom. The van der Waals surface area contributed by atoms with E-state index in [0.29, 0.717) is 0 Å². The van der Waals surface area contributed by atoms with Gasteiger partial charge in [0.15, 0.2) is 6.61 Å². The molecule has 5 nitrogen and oxygen atoms in total. The number of nitrogens with one attached hydrogen (secondary N) is 2. The maximum atomic E-state index is 13.6. The number of benzene rings is 3. The molecule has 0 saturated carbocycles. The number of para-hydroxylation sites is 1. The average Bonchev–Trinajstić information content (AvgIpc) is 2.75. The van der Waals surface area contributed by atoms with Crippen molar-refractivity contribution in [2.45, 2.75) is 6.18 Å². The molecule has 2 N–H and O–H groups in total. The Morgan fingerprint density at radius 2 is 1.47 bits per heavy atom. The Bertz CT molecular complexity index is 1110. The first kappa shape index (κ1) is 22.7. The molecule has 166 valence electrons. The monoisotopic (exact) mass is 450 g/mol. The Labute approximate surface area is 178 Å². The van der Waals surface area contributed by atoms with Crippen LogP contribution >= 0.6 is 0 Å². The van der Waals surface area contributed by atoms with Crippen LogP contribution in [0.2, 0.25) is 0 Å². The Balaban J connectivity index is 1.56. The highest BCUT2D eigenvalue weighted by Gasteiger charge is 2.30. The number of carbonyl (C=O) groups excluding carboxylic acids is 2. The van der Waals surface area contributed by atoms with Gasteiger partial charge in [-0.25, -0.2) is 8.78 Å². The maximum absolute atomic E-state index is 13.6. The number of carbonyl (C=O) groups is 2. The normalized spacial score (nSPS) is 11.0. The van der Waals surface area contributed by atoms with Crippen molar-refractivity contribution >= 4 is 23.2 Å². The van der Waals surface area contributed by atoms with Crippen LogP contribution in [-0.4, -0.2) is 18.4 Å². The minimum Gasteiger partial charge on any atom is -0.484 e. The van der Waals surface area contributed by atoms with Crippen LogP contribution in [0.3, 0.4) is 0 Å². The van der Waals surface area contributed by atoms with Crippen LogP contribution in [0.1, 0.15) is 15.9 Å². The van der Waals surface area contributed by atoms with Crippen molar-refractivity contribution < 1.29 is 36.3 Å². The summed E-state index contributed by atoms with van der Waals surface area (Å²) in [6.07, 6.45) is -4.54. The SMILES string of the molecule is O=C(COc1ccc(C(=O)Nc2c(F)cccc2F)cc1)Nc1cccc(C(F)(F)F)c1. The minimum atomic E-state index is -4.54. The molecule has 0 aliphatic rings. The highest BCUT2D eigenvalue weighted by atomic mass is 19.4. The van der Waals surface area contributed by atoms with Crippen molar-refractivity contribution in [2.24, 2.45) is 0 Å². The summed E-state index contributed by atoms with van der Waals surface area (Å²) in [6, 6.07) is 12.6. The molecule has 0 aromatic heterocycles. The van der Waals surface area contributed by atoms with Crippen LogP contribution in [0.15, 0.2) is 66.7 Å². The Kier molecular flexibility index (Phi) is 6.72. The van der Waals surface area contributed by atoms with Gasteiger partial charge in [-0.2, -0.15) is 13.2 Å². The zero-order valence-corrected chi connectivity index (χ0v) is 16.2. The van der Waals surface area contributed by atoms with E-state index in [1.165, 1.54) is 30.3 Å². The van der Waals surface area contributed by atoms with Crippen LogP contribution in [0, 0.1) is 11.6 Å². The van der Waals surface area contributed by atoms with E-state index in [4.69, 9.17) is 4.74 Å². The van der Waals surface area contributed by atoms with Gasteiger partial charge in [0, 0.05) is 11.3 Å². The average molecular weight is 450 g/mol. The molecule has 2 amide bonds. The molecule has 3 aromatic rings. The smallest absolute Gasteiger partial charge is 0.416 e. The topological polar surface area (TPSA) is 67.4 Å². The summed E-state index contributed by atoms with van der Waals surface area (Å²) >= 11 is 0. The predicted molar refractivity (Wildman–Crippen MR) is 106 cm³/mol. The van der Waals surface area contributed by atoms with Gasteiger partial charge >= 0.3 is 6.18 Å². The number of hydrogen-bond donors (Lipinski definition) is 2. The molecule has 32 heavy (non-hydrogen) atoms. The standard InChI is InChI=1S/C22H15F5N2O3/c23-17-5-2-6-18(24)20(17)29-21(31)13-7-9-16(10-8-13)32-12-19(30)28-15-4-1-3-14(11-15)22(25,26)27/h1-11H,12H2,(H,28,30)(H,29,31). The van der Waals surface area contributed by atoms with Gasteiger partial charge in [0.2, 0.25) is 0 Å². The van der Waals surface area contributed by atoms with Gasteiger partial charge in [0.05, 0.1) is 5.56 Å². The molecule has 0 aliphatic heterocycles. The highest BCUT2D eigenvalue weighted by molar-refractivity contribution is 6.04. The summed E-state index contributed by atoms with van der Waals surface area (Å²) in [4.78, 5) is 24.1. The van der Waals surface area contributed by atoms with E-state index >= 15 is 0 Å². The number of rotatable bonds is 6. The number of ether oxygens (including phenoxy) is 1. The number of hydrogen-bond acceptors (Lipinski definition) is 3. The lowest BCUT2D eigenvalue weighted by Gasteiger charge is -2.11. The zero-order chi connectivity index (χ0) is 23.3. The Hall–Kier alpha value is -3.95. The van der Waals surface area contributed by atoms with Gasteiger partial charge in [-0.15, -0.1) is 0 Å². The van der Waals surface area contributed by atoms with Crippen molar-refractivity contribution in [3.8, 4) is 5.75 Å². The fraction of sp³-hybridized carbons (Fsp3) is 0.0909. The van der Waals surface area contributed by atoms with E-state index in [-0.39, 0.29) is 17.0 Å². The molecule has 0 heterocycles. The molecule has 0 unspecified atom stereocenters. The molecule has 0 saturated heterocycles. The third-order valence-electron chi connectivity index (χ3n) is 4.16. The van der Waals surface area contributed by atoms with Crippen molar-refractivity contribution in [3.05, 3.63) is 89.5 Å². The molecule has 3 aromatic carbocycles. The largest absolute Gasteiger partial charge is 0.484 e. The van der Waals surface area contributed by atoms with Crippen molar-refractivity contribution in [1.29, 1.82) is 0 Å². The third-order valence-corrected chi connectivity index (χ3v) is 4.16. The van der Waals surface area contributed by atoms with Gasteiger partial charge in [0.25, 0.3) is 11.8 Å². The molecule has 0 atom stereocenters. The van der Waals surface area contributed by atoms with Crippen LogP contribution in [-0.2, 0) is 11.0 Å². The second kappa shape index (κ2) is 9.46. The van der Waals surface area contributed by atoms with E-state index in [1.807, 2.05) is 0 Å². The van der Waals surface area contributed by atoms with Gasteiger partial charge < -0.3 is 15.4 Å². The summed E-state index contributed by atoms with van der Waals surface area (Å²) in [7, 11) is 0. The summed E-state index contributed by atoms with van der Waals surface area (Å²) in [6.45, 7) is -0.498. The van der Waals surface area contributed by atoms with E-state index in [2.05, 4.69) is 10.6 Å². The number of anilines is 2. The first-order chi connectivity index (χ1) is 15.1. The maximum Gasteiger partial charge on any atom is 0.416 e. The summed E-state index contributed by atoms with van der Waals surface area (Å²) in [5.74, 6) is -3.11. The van der Waals surface area contributed by atoms with E-state index in [9.17, 15) is 31.5 Å². The molecular weight excluding hydrogens is 435 g/mol. The quantitative estimate of drug-likeness (QED) is 0.504. The van der Waals surface area contributed by atoms with E-state index in [1.54, 1.807) is 0 Å². The van der Waals surface area contributed by atoms with Gasteiger partial charge in [0.1, 0.15) is 23.1 Å². The van der Waals surface area contributed by atoms with Gasteiger partial charge in [-0.05, 0) is 54.6 Å². The molecule has 0 radical (unpaired) electrons. The molecular formula is C22H15F5N2O3. The Morgan fingerprint density at radius 1 is 0.844 bits per heavy atom. The molecule has 0 bridgehead atoms. The fourth-order valence-electron chi connectivity index (χ4n) is 2.62.